The van der Waals surface area contributed by atoms with E-state index in [2.05, 4.69) is 0 Å². The molecule has 6 nitrogen and oxygen atoms in total. The van der Waals surface area contributed by atoms with Gasteiger partial charge in [-0.3, -0.25) is 9.59 Å². The second-order valence-electron chi connectivity index (χ2n) is 5.04. The van der Waals surface area contributed by atoms with Gasteiger partial charge in [-0.2, -0.15) is 0 Å². The van der Waals surface area contributed by atoms with Crippen LogP contribution in [0, 0.1) is 0 Å². The molecule has 94 valence electrons. The summed E-state index contributed by atoms with van der Waals surface area (Å²) in [5, 5.41) is 9.29. The van der Waals surface area contributed by atoms with Gasteiger partial charge in [0.15, 0.2) is 0 Å². The molecule has 2 saturated heterocycles. The predicted octanol–water partition coefficient (Wildman–Crippen LogP) is -0.902. The van der Waals surface area contributed by atoms with Gasteiger partial charge in [0, 0.05) is 7.05 Å². The number of phenols is 1. The van der Waals surface area contributed by atoms with Crippen molar-refractivity contribution in [3.8, 4) is 5.75 Å². The normalized spacial score (nSPS) is 34.1. The van der Waals surface area contributed by atoms with Gasteiger partial charge in [-0.25, -0.2) is 0 Å². The lowest BCUT2D eigenvalue weighted by Crippen LogP contribution is -2.67. The van der Waals surface area contributed by atoms with Crippen molar-refractivity contribution in [2.45, 2.75) is 0 Å². The summed E-state index contributed by atoms with van der Waals surface area (Å²) >= 11 is 0. The van der Waals surface area contributed by atoms with Crippen molar-refractivity contribution in [1.82, 2.24) is 0 Å². The molecule has 0 spiro atoms. The molecule has 18 heavy (non-hydrogen) atoms. The van der Waals surface area contributed by atoms with Gasteiger partial charge in [0.25, 0.3) is 0 Å². The second kappa shape index (κ2) is 3.26. The highest BCUT2D eigenvalue weighted by Crippen LogP contribution is 2.33. The summed E-state index contributed by atoms with van der Waals surface area (Å²) in [4.78, 5) is 23.1. The van der Waals surface area contributed by atoms with Crippen LogP contribution in [0.5, 0.6) is 5.75 Å². The van der Waals surface area contributed by atoms with E-state index in [4.69, 9.17) is 9.31 Å². The first-order valence-electron chi connectivity index (χ1n) is 5.67. The van der Waals surface area contributed by atoms with Crippen LogP contribution in [0.3, 0.4) is 0 Å². The zero-order chi connectivity index (χ0) is 13.0. The number of quaternary nitrogens is 1. The molecule has 2 aliphatic rings. The summed E-state index contributed by atoms with van der Waals surface area (Å²) in [5.74, 6) is -0.648. The lowest BCUT2D eigenvalue weighted by atomic mass is 9.61. The highest BCUT2D eigenvalue weighted by molar-refractivity contribution is 6.79. The van der Waals surface area contributed by atoms with Crippen LogP contribution in [-0.2, 0) is 18.9 Å². The molecule has 2 aliphatic heterocycles. The van der Waals surface area contributed by atoms with Gasteiger partial charge < -0.3 is 18.8 Å². The molecular weight excluding hydrogens is 237 g/mol. The Balaban J connectivity index is 2.13. The maximum absolute atomic E-state index is 11.6. The summed E-state index contributed by atoms with van der Waals surface area (Å²) in [5.41, 5.74) is 0.604. The smallest absolute Gasteiger partial charge is 0.596 e. The van der Waals surface area contributed by atoms with Gasteiger partial charge in [0.1, 0.15) is 18.8 Å². The molecule has 0 bridgehead atoms. The zero-order valence-electron chi connectivity index (χ0n) is 9.83. The topological polar surface area (TPSA) is 72.8 Å². The molecule has 2 heterocycles. The van der Waals surface area contributed by atoms with E-state index in [1.165, 1.54) is 12.1 Å². The summed E-state index contributed by atoms with van der Waals surface area (Å²) in [6.45, 7) is -1.94. The van der Waals surface area contributed by atoms with Crippen molar-refractivity contribution < 1.29 is 28.4 Å². The third-order valence-electron chi connectivity index (χ3n) is 3.70. The summed E-state index contributed by atoms with van der Waals surface area (Å²) in [7, 11) is 1.77. The quantitative estimate of drug-likeness (QED) is 0.653. The molecule has 0 radical (unpaired) electrons. The van der Waals surface area contributed by atoms with Gasteiger partial charge >= 0.3 is 18.6 Å². The van der Waals surface area contributed by atoms with Crippen LogP contribution in [0.25, 0.3) is 0 Å². The minimum Gasteiger partial charge on any atom is -0.596 e. The van der Waals surface area contributed by atoms with Crippen LogP contribution in [0.15, 0.2) is 24.3 Å². The number of aromatic hydroxyl groups is 1. The Kier molecular flexibility index (Phi) is 2.01. The molecule has 1 N–H and O–H groups in total. The van der Waals surface area contributed by atoms with Gasteiger partial charge in [-0.05, 0) is 12.1 Å². The van der Waals surface area contributed by atoms with Crippen molar-refractivity contribution in [1.29, 1.82) is 0 Å². The Labute approximate surface area is 103 Å². The highest BCUT2D eigenvalue weighted by Gasteiger charge is 2.66. The van der Waals surface area contributed by atoms with E-state index in [1.807, 2.05) is 0 Å². The third-order valence-corrected chi connectivity index (χ3v) is 3.70. The number of hydrogen-bond donors (Lipinski definition) is 1. The molecule has 0 amide bonds. The van der Waals surface area contributed by atoms with Gasteiger partial charge in [-0.15, -0.1) is 0 Å². The fourth-order valence-corrected chi connectivity index (χ4v) is 2.81. The van der Waals surface area contributed by atoms with Crippen LogP contribution in [-0.4, -0.2) is 48.3 Å². The van der Waals surface area contributed by atoms with Crippen molar-refractivity contribution in [3.05, 3.63) is 24.3 Å². The summed E-state index contributed by atoms with van der Waals surface area (Å²) in [6.07, 6.45) is 0. The van der Waals surface area contributed by atoms with Crippen molar-refractivity contribution in [3.63, 3.8) is 0 Å². The van der Waals surface area contributed by atoms with Crippen molar-refractivity contribution in [2.24, 2.45) is 0 Å². The minimum absolute atomic E-state index is 0.105. The number of rotatable bonds is 1. The largest absolute Gasteiger partial charge is 0.614 e. The van der Waals surface area contributed by atoms with Crippen LogP contribution in [0.4, 0.5) is 0 Å². The van der Waals surface area contributed by atoms with Crippen molar-refractivity contribution in [2.75, 3.05) is 20.1 Å². The Morgan fingerprint density at radius 3 is 2.11 bits per heavy atom. The monoisotopic (exact) mass is 249 g/mol. The van der Waals surface area contributed by atoms with Crippen LogP contribution in [0.2, 0.25) is 0 Å². The lowest BCUT2D eigenvalue weighted by molar-refractivity contribution is -0.791. The Morgan fingerprint density at radius 1 is 1.11 bits per heavy atom. The Morgan fingerprint density at radius 2 is 1.61 bits per heavy atom. The fraction of sp³-hybridized carbons (Fsp3) is 0.273. The molecule has 0 atom stereocenters. The lowest BCUT2D eigenvalue weighted by Gasteiger charge is -2.39. The first kappa shape index (κ1) is 11.1. The van der Waals surface area contributed by atoms with Crippen molar-refractivity contribution >= 4 is 24.1 Å². The molecule has 2 fully saturated rings. The first-order chi connectivity index (χ1) is 8.45. The van der Waals surface area contributed by atoms with E-state index in [1.54, 1.807) is 19.2 Å². The van der Waals surface area contributed by atoms with E-state index < -0.39 is 6.69 Å². The molecule has 7 heteroatoms. The zero-order valence-corrected chi connectivity index (χ0v) is 9.83. The molecule has 3 rings (SSSR count). The van der Waals surface area contributed by atoms with E-state index in [-0.39, 0.29) is 35.2 Å². The molecule has 1 aromatic rings. The first-order valence-corrected chi connectivity index (χ1v) is 5.67. The summed E-state index contributed by atoms with van der Waals surface area (Å²) in [6, 6.07) is 6.19. The number of nitrogens with zero attached hydrogens (tertiary/aromatic N) is 1. The molecule has 0 saturated carbocycles. The Hall–Kier alpha value is -2.02. The average Bonchev–Trinajstić information content (AvgIpc) is 2.63. The molecule has 1 aromatic carbocycles. The van der Waals surface area contributed by atoms with E-state index >= 15 is 0 Å². The highest BCUT2D eigenvalue weighted by atomic mass is 16.7. The Bertz CT molecular complexity index is 521. The van der Waals surface area contributed by atoms with Gasteiger partial charge in [-0.1, -0.05) is 17.6 Å². The molecule has 0 unspecified atom stereocenters. The number of likely N-dealkylation sites (N-methyl/N-ethyl adjacent to an activating group) is 1. The fourth-order valence-electron chi connectivity index (χ4n) is 2.81. The maximum atomic E-state index is 11.6. The number of phenolic OH excluding ortho intramolecular Hbond substituents is 1. The van der Waals surface area contributed by atoms with Crippen LogP contribution < -0.4 is 5.46 Å². The number of hydrogen-bond acceptors (Lipinski definition) is 5. The van der Waals surface area contributed by atoms with E-state index in [0.717, 1.165) is 0 Å². The third kappa shape index (κ3) is 1.28. The number of fused-ring (bicyclic) bond motifs is 1. The van der Waals surface area contributed by atoms with Gasteiger partial charge in [0.2, 0.25) is 0 Å². The maximum Gasteiger partial charge on any atom is 0.614 e. The molecule has 0 aliphatic carbocycles. The van der Waals surface area contributed by atoms with Crippen LogP contribution >= 0.6 is 0 Å². The number of benzene rings is 1. The second-order valence-corrected chi connectivity index (χ2v) is 5.04. The molecule has 0 aromatic heterocycles. The summed E-state index contributed by atoms with van der Waals surface area (Å²) < 4.78 is 10.8. The van der Waals surface area contributed by atoms with E-state index in [0.29, 0.717) is 5.46 Å². The standard InChI is InChI=1S/C11H12BNO5/c1-13-6-10(15)17-12(13,18-11(16)7-13)8-2-4-9(14)5-3-8/h2-5,14H,6-7H2,1H3. The van der Waals surface area contributed by atoms with E-state index in [9.17, 15) is 14.7 Å². The van der Waals surface area contributed by atoms with Crippen LogP contribution in [0.1, 0.15) is 0 Å². The molecular formula is C11H12BNO5. The number of carbonyl (C=O) groups excluding carboxylic acids is 2. The SMILES string of the molecule is C[N+]12CC(=O)O[B-]1(c1ccc(O)cc1)OC(=O)C2. The predicted molar refractivity (Wildman–Crippen MR) is 61.6 cm³/mol. The minimum atomic E-state index is -2.17. The van der Waals surface area contributed by atoms with Gasteiger partial charge in [0.05, 0.1) is 0 Å². The average molecular weight is 249 g/mol. The number of carbonyl (C=O) groups is 2.